The van der Waals surface area contributed by atoms with Crippen molar-refractivity contribution < 1.29 is 27.5 Å². The van der Waals surface area contributed by atoms with Gasteiger partial charge in [0.25, 0.3) is 11.5 Å². The fraction of sp³-hybridized carbons (Fsp3) is 0.348. The van der Waals surface area contributed by atoms with Crippen molar-refractivity contribution in [3.63, 3.8) is 0 Å². The van der Waals surface area contributed by atoms with Crippen LogP contribution in [0.2, 0.25) is 5.02 Å². The predicted molar refractivity (Wildman–Crippen MR) is 129 cm³/mol. The van der Waals surface area contributed by atoms with Crippen molar-refractivity contribution in [2.24, 2.45) is 7.05 Å². The van der Waals surface area contributed by atoms with E-state index in [1.807, 2.05) is 0 Å². The number of halogens is 4. The van der Waals surface area contributed by atoms with Crippen LogP contribution in [-0.2, 0) is 30.9 Å². The van der Waals surface area contributed by atoms with Gasteiger partial charge in [0.1, 0.15) is 5.69 Å². The molecule has 0 fully saturated rings. The number of hydrogen-bond donors (Lipinski definition) is 1. The molecule has 1 aliphatic rings. The number of nitrogens with one attached hydrogen (secondary N) is 1. The van der Waals surface area contributed by atoms with Crippen molar-refractivity contribution in [1.82, 2.24) is 24.0 Å². The second kappa shape index (κ2) is 9.78. The summed E-state index contributed by atoms with van der Waals surface area (Å²) in [4.78, 5) is 47.2. The number of ether oxygens (including phenoxy) is 1. The highest BCUT2D eigenvalue weighted by Gasteiger charge is 2.36. The summed E-state index contributed by atoms with van der Waals surface area (Å²) in [5.74, 6) is -1.15. The van der Waals surface area contributed by atoms with E-state index in [0.29, 0.717) is 11.3 Å². The molecule has 0 saturated carbocycles. The molecule has 0 bridgehead atoms. The number of H-pyrrole nitrogens is 1. The molecule has 0 spiro atoms. The molecular weight excluding hydrogens is 535 g/mol. The molecule has 0 radical (unpaired) electrons. The maximum absolute atomic E-state index is 13.4. The van der Waals surface area contributed by atoms with Crippen molar-refractivity contribution in [3.05, 3.63) is 72.6 Å². The Morgan fingerprint density at radius 2 is 2.03 bits per heavy atom. The van der Waals surface area contributed by atoms with Crippen LogP contribution in [0.3, 0.4) is 0 Å². The third-order valence-electron chi connectivity index (χ3n) is 6.07. The minimum Gasteiger partial charge on any atom is -0.461 e. The van der Waals surface area contributed by atoms with Gasteiger partial charge in [0.2, 0.25) is 5.95 Å². The van der Waals surface area contributed by atoms with E-state index in [1.165, 1.54) is 21.7 Å². The topological polar surface area (TPSA) is 102 Å². The number of rotatable bonds is 4. The highest BCUT2D eigenvalue weighted by atomic mass is 35.5. The molecule has 4 rings (SSSR count). The third kappa shape index (κ3) is 4.80. The van der Waals surface area contributed by atoms with Crippen LogP contribution in [0.5, 0.6) is 0 Å². The number of alkyl halides is 3. The average molecular weight is 556 g/mol. The first-order valence-electron chi connectivity index (χ1n) is 11.1. The normalized spacial score (nSPS) is 15.4. The lowest BCUT2D eigenvalue weighted by Crippen LogP contribution is -2.46. The highest BCUT2D eigenvalue weighted by Crippen LogP contribution is 2.35. The number of benzene rings is 1. The van der Waals surface area contributed by atoms with Gasteiger partial charge in [-0.3, -0.25) is 9.59 Å². The number of aromatic amines is 1. The average Bonchev–Trinajstić information content (AvgIpc) is 3.19. The predicted octanol–water partition coefficient (Wildman–Crippen LogP) is 4.06. The van der Waals surface area contributed by atoms with Crippen LogP contribution in [0.1, 0.15) is 51.5 Å². The molecule has 1 aromatic carbocycles. The molecule has 0 aliphatic carbocycles. The molecule has 3 aromatic rings. The molecule has 1 amide bonds. The second-order valence-corrected chi connectivity index (χ2v) is 9.22. The Hall–Kier alpha value is -3.45. The Balaban J connectivity index is 1.71. The Kier molecular flexibility index (Phi) is 7.04. The lowest BCUT2D eigenvalue weighted by atomic mass is 9.98. The molecule has 0 unspecified atom stereocenters. The number of fused-ring (bicyclic) bond motifs is 1. The summed E-state index contributed by atoms with van der Waals surface area (Å²) in [7, 11) is 1.54. The van der Waals surface area contributed by atoms with Crippen LogP contribution < -0.4 is 5.56 Å². The zero-order valence-electron chi connectivity index (χ0n) is 19.9. The molecule has 9 nitrogen and oxygen atoms in total. The molecule has 1 N–H and O–H groups in total. The molecule has 3 heterocycles. The lowest BCUT2D eigenvalue weighted by molar-refractivity contribution is -0.137. The van der Waals surface area contributed by atoms with Crippen LogP contribution in [0.15, 0.2) is 29.2 Å². The molecule has 0 saturated heterocycles. The van der Waals surface area contributed by atoms with Crippen molar-refractivity contribution in [1.29, 1.82) is 0 Å². The van der Waals surface area contributed by atoms with Gasteiger partial charge in [0.15, 0.2) is 4.77 Å². The van der Waals surface area contributed by atoms with E-state index >= 15 is 0 Å². The number of aromatic nitrogens is 4. The monoisotopic (exact) mass is 555 g/mol. The van der Waals surface area contributed by atoms with Crippen LogP contribution in [0.25, 0.3) is 5.95 Å². The van der Waals surface area contributed by atoms with Gasteiger partial charge in [-0.15, -0.1) is 0 Å². The SMILES string of the molecule is CCOC(=O)c1cnc(-n2c(=S)[nH]c3c(c2=O)C[C@@H](C)N(C(=O)c2ccc(Cl)c(C(F)(F)F)c2)C3)n1C. The molecular formula is C23H21ClF3N5O4S. The van der Waals surface area contributed by atoms with Gasteiger partial charge >= 0.3 is 12.1 Å². The minimum absolute atomic E-state index is 0.0272. The van der Waals surface area contributed by atoms with Crippen molar-refractivity contribution in [3.8, 4) is 5.95 Å². The van der Waals surface area contributed by atoms with Crippen LogP contribution >= 0.6 is 23.8 Å². The van der Waals surface area contributed by atoms with Gasteiger partial charge in [-0.05, 0) is 50.7 Å². The molecule has 196 valence electrons. The maximum Gasteiger partial charge on any atom is 0.417 e. The van der Waals surface area contributed by atoms with Crippen molar-refractivity contribution in [2.75, 3.05) is 6.61 Å². The Bertz CT molecular complexity index is 1530. The number of nitrogens with zero attached hydrogens (tertiary/aromatic N) is 4. The van der Waals surface area contributed by atoms with E-state index in [1.54, 1.807) is 20.9 Å². The van der Waals surface area contributed by atoms with Crippen molar-refractivity contribution >= 4 is 35.7 Å². The minimum atomic E-state index is -4.72. The standard InChI is InChI=1S/C23H21ClF3N5O4S/c1-4-36-20(35)17-9-28-21(30(17)3)32-19(34)13-7-11(2)31(10-16(13)29-22(32)37)18(33)12-5-6-15(24)14(8-12)23(25,26)27/h5-6,8-9,11H,4,7,10H2,1-3H3,(H,29,37)/t11-/m1/s1. The Morgan fingerprint density at radius 3 is 2.68 bits per heavy atom. The van der Waals surface area contributed by atoms with Crippen LogP contribution in [0, 0.1) is 4.77 Å². The van der Waals surface area contributed by atoms with E-state index in [9.17, 15) is 27.6 Å². The molecule has 37 heavy (non-hydrogen) atoms. The summed E-state index contributed by atoms with van der Waals surface area (Å²) < 4.78 is 47.4. The molecule has 2 aromatic heterocycles. The van der Waals surface area contributed by atoms with Gasteiger partial charge in [0, 0.05) is 29.9 Å². The lowest BCUT2D eigenvalue weighted by Gasteiger charge is -2.34. The second-order valence-electron chi connectivity index (χ2n) is 8.43. The van der Waals surface area contributed by atoms with E-state index in [4.69, 9.17) is 28.6 Å². The van der Waals surface area contributed by atoms with E-state index < -0.39 is 40.2 Å². The van der Waals surface area contributed by atoms with E-state index in [-0.39, 0.29) is 41.5 Å². The van der Waals surface area contributed by atoms with Crippen molar-refractivity contribution in [2.45, 2.75) is 39.0 Å². The van der Waals surface area contributed by atoms with Crippen LogP contribution in [-0.4, -0.2) is 48.5 Å². The summed E-state index contributed by atoms with van der Waals surface area (Å²) in [5.41, 5.74) is -0.932. The summed E-state index contributed by atoms with van der Waals surface area (Å²) >= 11 is 11.1. The first kappa shape index (κ1) is 26.6. The fourth-order valence-electron chi connectivity index (χ4n) is 4.19. The number of amides is 1. The summed E-state index contributed by atoms with van der Waals surface area (Å²) in [5, 5.41) is -0.508. The van der Waals surface area contributed by atoms with Gasteiger partial charge in [-0.1, -0.05) is 11.6 Å². The quantitative estimate of drug-likeness (QED) is 0.385. The number of imidazole rings is 1. The number of hydrogen-bond acceptors (Lipinski definition) is 6. The fourth-order valence-corrected chi connectivity index (χ4v) is 4.70. The molecule has 14 heteroatoms. The van der Waals surface area contributed by atoms with E-state index in [0.717, 1.165) is 16.7 Å². The molecule has 1 atom stereocenters. The smallest absolute Gasteiger partial charge is 0.417 e. The van der Waals surface area contributed by atoms with Gasteiger partial charge in [0.05, 0.1) is 29.9 Å². The first-order valence-corrected chi connectivity index (χ1v) is 11.9. The van der Waals surface area contributed by atoms with Gasteiger partial charge in [-0.2, -0.15) is 13.2 Å². The largest absolute Gasteiger partial charge is 0.461 e. The number of carbonyl (C=O) groups is 2. The third-order valence-corrected chi connectivity index (χ3v) is 6.69. The Morgan fingerprint density at radius 1 is 1.32 bits per heavy atom. The summed E-state index contributed by atoms with van der Waals surface area (Å²) in [6.07, 6.45) is -3.33. The number of esters is 1. The summed E-state index contributed by atoms with van der Waals surface area (Å²) in [6.45, 7) is 3.44. The van der Waals surface area contributed by atoms with Gasteiger partial charge < -0.3 is 19.2 Å². The maximum atomic E-state index is 13.4. The van der Waals surface area contributed by atoms with E-state index in [2.05, 4.69) is 9.97 Å². The zero-order chi connectivity index (χ0) is 27.2. The van der Waals surface area contributed by atoms with Crippen LogP contribution in [0.4, 0.5) is 13.2 Å². The first-order chi connectivity index (χ1) is 17.3. The highest BCUT2D eigenvalue weighted by molar-refractivity contribution is 7.71. The van der Waals surface area contributed by atoms with Gasteiger partial charge in [-0.25, -0.2) is 14.3 Å². The number of carbonyl (C=O) groups excluding carboxylic acids is 2. The summed E-state index contributed by atoms with van der Waals surface area (Å²) in [6, 6.07) is 2.45. The molecule has 1 aliphatic heterocycles. The zero-order valence-corrected chi connectivity index (χ0v) is 21.4. The Labute approximate surface area is 218 Å².